The SMILES string of the molecule is CC/C=C/C=C/C=C/CCCCCCCCCC(=O)OC(CCCCCCCCC/C=C\C/C=C\CCCCC)CC(=O)NC(CO)C(O)CCCCCCCCCCCCCC. The molecule has 0 fully saturated rings. The first-order valence-corrected chi connectivity index (χ1v) is 27.0. The zero-order valence-electron chi connectivity index (χ0n) is 41.7. The van der Waals surface area contributed by atoms with Gasteiger partial charge in [-0.15, -0.1) is 0 Å². The summed E-state index contributed by atoms with van der Waals surface area (Å²) in [4.78, 5) is 26.2. The Kier molecular flexibility index (Phi) is 48.6. The summed E-state index contributed by atoms with van der Waals surface area (Å²) >= 11 is 0. The normalized spacial score (nSPS) is 13.7. The van der Waals surface area contributed by atoms with Crippen molar-refractivity contribution in [2.45, 2.75) is 283 Å². The van der Waals surface area contributed by atoms with Crippen LogP contribution >= 0.6 is 0 Å². The maximum Gasteiger partial charge on any atom is 0.306 e. The number of allylic oxidation sites excluding steroid dienone is 10. The second kappa shape index (κ2) is 50.6. The molecule has 3 unspecified atom stereocenters. The molecule has 0 aliphatic rings. The summed E-state index contributed by atoms with van der Waals surface area (Å²) in [5.74, 6) is -0.490. The number of esters is 1. The van der Waals surface area contributed by atoms with Gasteiger partial charge >= 0.3 is 5.97 Å². The highest BCUT2D eigenvalue weighted by Gasteiger charge is 2.24. The lowest BCUT2D eigenvalue weighted by molar-refractivity contribution is -0.151. The number of amides is 1. The standard InChI is InChI=1S/C57H103NO5/c1-4-7-10-13-16-19-22-25-27-28-30-31-33-36-39-42-45-48-53(63-57(62)50-47-44-41-38-35-32-29-26-23-20-17-14-11-8-5-2)51-56(61)58-54(52-59)55(60)49-46-43-40-37-34-24-21-18-15-12-9-6-3/h8,11,14,16-17,19-20,23,25,27,53-55,59-60H,4-7,9-10,12-13,15,18,21-22,24,26,28-52H2,1-3H3,(H,58,61)/b11-8+,17-14+,19-16-,23-20+,27-25-. The molecule has 6 heteroatoms. The van der Waals surface area contributed by atoms with E-state index in [-0.39, 0.29) is 24.9 Å². The molecule has 3 N–H and O–H groups in total. The summed E-state index contributed by atoms with van der Waals surface area (Å²) in [6, 6.07) is -0.708. The molecule has 0 saturated carbocycles. The molecule has 1 amide bonds. The maximum absolute atomic E-state index is 13.2. The lowest BCUT2D eigenvalue weighted by Gasteiger charge is -2.24. The number of nitrogens with one attached hydrogen (secondary N) is 1. The molecule has 0 radical (unpaired) electrons. The first kappa shape index (κ1) is 60.6. The number of carbonyl (C=O) groups is 2. The summed E-state index contributed by atoms with van der Waals surface area (Å²) in [7, 11) is 0. The molecule has 0 aliphatic carbocycles. The smallest absolute Gasteiger partial charge is 0.306 e. The highest BCUT2D eigenvalue weighted by atomic mass is 16.5. The summed E-state index contributed by atoms with van der Waals surface area (Å²) in [6.45, 7) is 6.33. The average Bonchev–Trinajstić information content (AvgIpc) is 3.28. The summed E-state index contributed by atoms with van der Waals surface area (Å²) < 4.78 is 5.94. The third-order valence-electron chi connectivity index (χ3n) is 12.1. The Labute approximate surface area is 390 Å². The molecule has 366 valence electrons. The Hall–Kier alpha value is -2.44. The number of unbranched alkanes of at least 4 members (excludes halogenated alkanes) is 28. The maximum atomic E-state index is 13.2. The number of ether oxygens (including phenoxy) is 1. The Morgan fingerprint density at radius 3 is 1.44 bits per heavy atom. The Balaban J connectivity index is 4.61. The number of hydrogen-bond acceptors (Lipinski definition) is 5. The number of hydrogen-bond donors (Lipinski definition) is 3. The van der Waals surface area contributed by atoms with Crippen molar-refractivity contribution in [3.8, 4) is 0 Å². The van der Waals surface area contributed by atoms with Gasteiger partial charge in [-0.1, -0.05) is 236 Å². The lowest BCUT2D eigenvalue weighted by Crippen LogP contribution is -2.46. The van der Waals surface area contributed by atoms with Crippen molar-refractivity contribution >= 4 is 11.9 Å². The lowest BCUT2D eigenvalue weighted by atomic mass is 10.0. The van der Waals surface area contributed by atoms with E-state index in [1.54, 1.807) is 0 Å². The minimum atomic E-state index is -0.793. The molecule has 63 heavy (non-hydrogen) atoms. The second-order valence-corrected chi connectivity index (χ2v) is 18.3. The topological polar surface area (TPSA) is 95.9 Å². The second-order valence-electron chi connectivity index (χ2n) is 18.3. The van der Waals surface area contributed by atoms with E-state index >= 15 is 0 Å². The number of aliphatic hydroxyl groups is 2. The zero-order chi connectivity index (χ0) is 45.9. The monoisotopic (exact) mass is 882 g/mol. The third-order valence-corrected chi connectivity index (χ3v) is 12.1. The zero-order valence-corrected chi connectivity index (χ0v) is 41.7. The summed E-state index contributed by atoms with van der Waals surface area (Å²) in [5.41, 5.74) is 0. The average molecular weight is 882 g/mol. The molecule has 0 aliphatic heterocycles. The minimum Gasteiger partial charge on any atom is -0.462 e. The van der Waals surface area contributed by atoms with Gasteiger partial charge in [0.05, 0.1) is 25.2 Å². The van der Waals surface area contributed by atoms with E-state index in [1.807, 2.05) is 0 Å². The quantitative estimate of drug-likeness (QED) is 0.0245. The Morgan fingerprint density at radius 1 is 0.492 bits per heavy atom. The van der Waals surface area contributed by atoms with E-state index in [2.05, 4.69) is 86.8 Å². The largest absolute Gasteiger partial charge is 0.462 e. The van der Waals surface area contributed by atoms with Crippen molar-refractivity contribution in [3.05, 3.63) is 60.8 Å². The third kappa shape index (κ3) is 45.9. The van der Waals surface area contributed by atoms with E-state index in [0.29, 0.717) is 19.3 Å². The van der Waals surface area contributed by atoms with Crippen molar-refractivity contribution in [2.24, 2.45) is 0 Å². The van der Waals surface area contributed by atoms with Gasteiger partial charge in [0, 0.05) is 6.42 Å². The van der Waals surface area contributed by atoms with Gasteiger partial charge in [-0.25, -0.2) is 0 Å². The van der Waals surface area contributed by atoms with Crippen LogP contribution in [0.1, 0.15) is 265 Å². The van der Waals surface area contributed by atoms with Gasteiger partial charge in [0.2, 0.25) is 5.91 Å². The van der Waals surface area contributed by atoms with Gasteiger partial charge in [-0.3, -0.25) is 9.59 Å². The van der Waals surface area contributed by atoms with E-state index in [9.17, 15) is 19.8 Å². The molecule has 0 saturated heterocycles. The molecule has 0 heterocycles. The van der Waals surface area contributed by atoms with Crippen LogP contribution in [0.4, 0.5) is 0 Å². The van der Waals surface area contributed by atoms with Crippen LogP contribution in [-0.4, -0.2) is 46.9 Å². The Morgan fingerprint density at radius 2 is 0.921 bits per heavy atom. The van der Waals surface area contributed by atoms with Crippen LogP contribution in [0.15, 0.2) is 60.8 Å². The highest BCUT2D eigenvalue weighted by Crippen LogP contribution is 2.18. The Bertz CT molecular complexity index is 1130. The first-order valence-electron chi connectivity index (χ1n) is 27.0. The van der Waals surface area contributed by atoms with Crippen molar-refractivity contribution in [2.75, 3.05) is 6.61 Å². The molecule has 0 rings (SSSR count). The molecule has 0 bridgehead atoms. The molecule has 0 aromatic heterocycles. The molecular weight excluding hydrogens is 779 g/mol. The van der Waals surface area contributed by atoms with E-state index in [1.165, 1.54) is 135 Å². The van der Waals surface area contributed by atoms with Gasteiger partial charge in [-0.05, 0) is 77.0 Å². The van der Waals surface area contributed by atoms with Crippen LogP contribution < -0.4 is 5.32 Å². The molecule has 3 atom stereocenters. The first-order chi connectivity index (χ1) is 31.0. The molecule has 0 aromatic carbocycles. The van der Waals surface area contributed by atoms with Crippen LogP contribution in [0, 0.1) is 0 Å². The van der Waals surface area contributed by atoms with Crippen LogP contribution in [0.25, 0.3) is 0 Å². The minimum absolute atomic E-state index is 0.0666. The van der Waals surface area contributed by atoms with E-state index in [0.717, 1.165) is 83.5 Å². The van der Waals surface area contributed by atoms with Crippen molar-refractivity contribution in [3.63, 3.8) is 0 Å². The molecule has 6 nitrogen and oxygen atoms in total. The fraction of sp³-hybridized carbons (Fsp3) is 0.789. The van der Waals surface area contributed by atoms with Gasteiger partial charge in [0.15, 0.2) is 0 Å². The number of rotatable bonds is 48. The van der Waals surface area contributed by atoms with Gasteiger partial charge < -0.3 is 20.3 Å². The summed E-state index contributed by atoms with van der Waals surface area (Å²) in [6.07, 6.45) is 62.7. The van der Waals surface area contributed by atoms with Gasteiger partial charge in [0.25, 0.3) is 0 Å². The predicted molar refractivity (Wildman–Crippen MR) is 273 cm³/mol. The summed E-state index contributed by atoms with van der Waals surface area (Å²) in [5, 5.41) is 23.8. The predicted octanol–water partition coefficient (Wildman–Crippen LogP) is 16.4. The highest BCUT2D eigenvalue weighted by molar-refractivity contribution is 5.77. The van der Waals surface area contributed by atoms with Crippen molar-refractivity contribution in [1.82, 2.24) is 5.32 Å². The van der Waals surface area contributed by atoms with Crippen LogP contribution in [0.3, 0.4) is 0 Å². The molecule has 0 aromatic rings. The van der Waals surface area contributed by atoms with Crippen LogP contribution in [0.5, 0.6) is 0 Å². The van der Waals surface area contributed by atoms with Crippen molar-refractivity contribution in [1.29, 1.82) is 0 Å². The number of carbonyl (C=O) groups excluding carboxylic acids is 2. The number of aliphatic hydroxyl groups excluding tert-OH is 2. The van der Waals surface area contributed by atoms with Crippen LogP contribution in [-0.2, 0) is 14.3 Å². The van der Waals surface area contributed by atoms with Crippen molar-refractivity contribution < 1.29 is 24.5 Å². The molecular formula is C57H103NO5. The van der Waals surface area contributed by atoms with E-state index in [4.69, 9.17) is 4.74 Å². The van der Waals surface area contributed by atoms with Crippen LogP contribution in [0.2, 0.25) is 0 Å². The van der Waals surface area contributed by atoms with Gasteiger partial charge in [0.1, 0.15) is 6.10 Å². The van der Waals surface area contributed by atoms with E-state index < -0.39 is 18.2 Å². The molecule has 0 spiro atoms. The fourth-order valence-corrected chi connectivity index (χ4v) is 8.05. The van der Waals surface area contributed by atoms with Gasteiger partial charge in [-0.2, -0.15) is 0 Å². The fourth-order valence-electron chi connectivity index (χ4n) is 8.05.